The fraction of sp³-hybridized carbons (Fsp3) is 0. The van der Waals surface area contributed by atoms with E-state index in [9.17, 15) is 9.59 Å². The van der Waals surface area contributed by atoms with Gasteiger partial charge in [0.25, 0.3) is 0 Å². The largest absolute Gasteiger partial charge is 0.456 e. The molecule has 0 atom stereocenters. The number of benzene rings is 4. The number of Topliss-reactive ketones (excluding diaryl/α,β-unsaturated/α-hetero) is 2. The minimum absolute atomic E-state index is 0.174. The molecule has 0 bridgehead atoms. The van der Waals surface area contributed by atoms with Crippen LogP contribution in [0.1, 0.15) is 31.8 Å². The van der Waals surface area contributed by atoms with Crippen LogP contribution in [0.4, 0.5) is 11.4 Å². The Bertz CT molecular complexity index is 1540. The smallest absolute Gasteiger partial charge is 0.198 e. The molecule has 0 aromatic heterocycles. The van der Waals surface area contributed by atoms with Crippen LogP contribution < -0.4 is 5.32 Å². The highest BCUT2D eigenvalue weighted by molar-refractivity contribution is 6.40. The third kappa shape index (κ3) is 3.95. The van der Waals surface area contributed by atoms with E-state index in [0.29, 0.717) is 28.2 Å². The standard InChI is InChI=1S/C32H21NO3/c34-31-26-13-7-8-14-27(26)32(35)30(31)23-19-28(21-9-3-1-4-10-21)36-29(20-23)22-15-17-25(18-16-22)33-24-11-5-2-6-12-24/h1-20,33H. The van der Waals surface area contributed by atoms with Crippen LogP contribution in [0.3, 0.4) is 0 Å². The lowest BCUT2D eigenvalue weighted by molar-refractivity contribution is 0.0988. The highest BCUT2D eigenvalue weighted by Gasteiger charge is 2.35. The van der Waals surface area contributed by atoms with E-state index >= 15 is 0 Å². The Morgan fingerprint density at radius 3 is 1.56 bits per heavy atom. The fourth-order valence-corrected chi connectivity index (χ4v) is 4.45. The number of allylic oxidation sites excluding steroid dienone is 4. The zero-order chi connectivity index (χ0) is 24.5. The maximum Gasteiger partial charge on any atom is 0.198 e. The van der Waals surface area contributed by atoms with Crippen molar-refractivity contribution in [1.82, 2.24) is 0 Å². The van der Waals surface area contributed by atoms with Gasteiger partial charge in [0.05, 0.1) is 5.57 Å². The van der Waals surface area contributed by atoms with E-state index in [2.05, 4.69) is 5.32 Å². The van der Waals surface area contributed by atoms with Crippen molar-refractivity contribution in [1.29, 1.82) is 0 Å². The van der Waals surface area contributed by atoms with Crippen molar-refractivity contribution >= 4 is 34.5 Å². The summed E-state index contributed by atoms with van der Waals surface area (Å²) >= 11 is 0. The van der Waals surface area contributed by atoms with E-state index in [1.54, 1.807) is 36.4 Å². The number of fused-ring (bicyclic) bond motifs is 1. The summed E-state index contributed by atoms with van der Waals surface area (Å²) in [5.74, 6) is 0.642. The van der Waals surface area contributed by atoms with Crippen LogP contribution in [0.5, 0.6) is 0 Å². The molecule has 4 aromatic carbocycles. The van der Waals surface area contributed by atoms with Gasteiger partial charge in [0.2, 0.25) is 0 Å². The first kappa shape index (κ1) is 21.6. The van der Waals surface area contributed by atoms with E-state index in [-0.39, 0.29) is 17.1 Å². The molecule has 0 saturated carbocycles. The van der Waals surface area contributed by atoms with Crippen LogP contribution in [-0.4, -0.2) is 11.6 Å². The van der Waals surface area contributed by atoms with Crippen LogP contribution >= 0.6 is 0 Å². The van der Waals surface area contributed by atoms with Gasteiger partial charge < -0.3 is 10.1 Å². The SMILES string of the molecule is O=C1C(=C2C=C(c3ccccc3)OC(c3ccc(Nc4ccccc4)cc3)=C2)C(=O)c2ccccc21. The number of carbonyl (C=O) groups excluding carboxylic acids is 2. The fourth-order valence-electron chi connectivity index (χ4n) is 4.45. The Labute approximate surface area is 208 Å². The van der Waals surface area contributed by atoms with E-state index in [4.69, 9.17) is 4.74 Å². The number of para-hydroxylation sites is 1. The molecule has 4 nitrogen and oxygen atoms in total. The van der Waals surface area contributed by atoms with Crippen LogP contribution in [0.15, 0.2) is 132 Å². The number of hydrogen-bond acceptors (Lipinski definition) is 4. The van der Waals surface area contributed by atoms with Gasteiger partial charge in [-0.2, -0.15) is 0 Å². The van der Waals surface area contributed by atoms with Gasteiger partial charge in [-0.3, -0.25) is 9.59 Å². The molecule has 0 fully saturated rings. The van der Waals surface area contributed by atoms with Crippen molar-refractivity contribution in [3.63, 3.8) is 0 Å². The maximum atomic E-state index is 13.2. The van der Waals surface area contributed by atoms with Gasteiger partial charge in [-0.1, -0.05) is 72.8 Å². The van der Waals surface area contributed by atoms with Crippen LogP contribution in [0, 0.1) is 0 Å². The molecule has 4 heteroatoms. The highest BCUT2D eigenvalue weighted by Crippen LogP contribution is 2.37. The van der Waals surface area contributed by atoms with Gasteiger partial charge in [0.1, 0.15) is 11.5 Å². The highest BCUT2D eigenvalue weighted by atomic mass is 16.5. The van der Waals surface area contributed by atoms with Crippen molar-refractivity contribution in [3.05, 3.63) is 155 Å². The monoisotopic (exact) mass is 467 g/mol. The molecule has 0 saturated heterocycles. The van der Waals surface area contributed by atoms with E-state index in [1.807, 2.05) is 84.9 Å². The normalized spacial score (nSPS) is 14.7. The maximum absolute atomic E-state index is 13.2. The van der Waals surface area contributed by atoms with Gasteiger partial charge in [-0.05, 0) is 54.1 Å². The van der Waals surface area contributed by atoms with Gasteiger partial charge >= 0.3 is 0 Å². The average molecular weight is 468 g/mol. The second kappa shape index (κ2) is 9.01. The summed E-state index contributed by atoms with van der Waals surface area (Å²) in [4.78, 5) is 26.4. The molecule has 4 aromatic rings. The first-order valence-corrected chi connectivity index (χ1v) is 11.7. The number of anilines is 2. The summed E-state index contributed by atoms with van der Waals surface area (Å²) < 4.78 is 6.30. The van der Waals surface area contributed by atoms with Crippen molar-refractivity contribution in [2.45, 2.75) is 0 Å². The van der Waals surface area contributed by atoms with Crippen molar-refractivity contribution in [2.75, 3.05) is 5.32 Å². The van der Waals surface area contributed by atoms with Crippen molar-refractivity contribution in [3.8, 4) is 0 Å². The lowest BCUT2D eigenvalue weighted by Crippen LogP contribution is -2.08. The molecule has 0 amide bonds. The van der Waals surface area contributed by atoms with E-state index in [0.717, 1.165) is 22.5 Å². The Morgan fingerprint density at radius 2 is 0.972 bits per heavy atom. The van der Waals surface area contributed by atoms with Gasteiger partial charge in [-0.15, -0.1) is 0 Å². The lowest BCUT2D eigenvalue weighted by atomic mass is 9.97. The number of carbonyl (C=O) groups is 2. The molecule has 1 N–H and O–H groups in total. The second-order valence-electron chi connectivity index (χ2n) is 8.59. The Morgan fingerprint density at radius 1 is 0.500 bits per heavy atom. The quantitative estimate of drug-likeness (QED) is 0.254. The van der Waals surface area contributed by atoms with E-state index < -0.39 is 0 Å². The topological polar surface area (TPSA) is 55.4 Å². The predicted molar refractivity (Wildman–Crippen MR) is 142 cm³/mol. The molecular formula is C32H21NO3. The van der Waals surface area contributed by atoms with Crippen LogP contribution in [0.25, 0.3) is 11.5 Å². The number of ketones is 2. The van der Waals surface area contributed by atoms with Gasteiger partial charge in [0.15, 0.2) is 11.6 Å². The summed E-state index contributed by atoms with van der Waals surface area (Å²) in [7, 11) is 0. The average Bonchev–Trinajstić information content (AvgIpc) is 3.19. The van der Waals surface area contributed by atoms with Crippen molar-refractivity contribution in [2.24, 2.45) is 0 Å². The molecule has 1 aliphatic heterocycles. The molecule has 36 heavy (non-hydrogen) atoms. The summed E-state index contributed by atoms with van der Waals surface area (Å²) in [6.07, 6.45) is 3.56. The number of ether oxygens (including phenoxy) is 1. The number of hydrogen-bond donors (Lipinski definition) is 1. The Balaban J connectivity index is 1.41. The zero-order valence-electron chi connectivity index (χ0n) is 19.3. The zero-order valence-corrected chi connectivity index (χ0v) is 19.3. The molecular weight excluding hydrogens is 446 g/mol. The minimum atomic E-state index is -0.255. The molecule has 172 valence electrons. The number of nitrogens with one attached hydrogen (secondary N) is 1. The molecule has 0 radical (unpaired) electrons. The predicted octanol–water partition coefficient (Wildman–Crippen LogP) is 7.22. The molecule has 0 unspecified atom stereocenters. The summed E-state index contributed by atoms with van der Waals surface area (Å²) in [5.41, 5.74) is 5.24. The Kier molecular flexibility index (Phi) is 5.39. The number of rotatable bonds is 4. The second-order valence-corrected chi connectivity index (χ2v) is 8.59. The van der Waals surface area contributed by atoms with Crippen molar-refractivity contribution < 1.29 is 14.3 Å². The third-order valence-corrected chi connectivity index (χ3v) is 6.24. The summed E-state index contributed by atoms with van der Waals surface area (Å²) in [6, 6.07) is 34.4. The lowest BCUT2D eigenvalue weighted by Gasteiger charge is -2.20. The summed E-state index contributed by atoms with van der Waals surface area (Å²) in [6.45, 7) is 0. The summed E-state index contributed by atoms with van der Waals surface area (Å²) in [5, 5.41) is 3.37. The third-order valence-electron chi connectivity index (χ3n) is 6.24. The van der Waals surface area contributed by atoms with Crippen LogP contribution in [0.2, 0.25) is 0 Å². The molecule has 1 heterocycles. The first-order valence-electron chi connectivity index (χ1n) is 11.7. The molecule has 2 aliphatic rings. The first-order chi connectivity index (χ1) is 17.7. The molecule has 0 spiro atoms. The van der Waals surface area contributed by atoms with Crippen LogP contribution in [-0.2, 0) is 4.74 Å². The molecule has 1 aliphatic carbocycles. The Hall–Kier alpha value is -4.96. The van der Waals surface area contributed by atoms with Gasteiger partial charge in [0, 0.05) is 33.6 Å². The minimum Gasteiger partial charge on any atom is -0.456 e. The molecule has 6 rings (SSSR count). The van der Waals surface area contributed by atoms with E-state index in [1.165, 1.54) is 0 Å². The van der Waals surface area contributed by atoms with Gasteiger partial charge in [-0.25, -0.2) is 0 Å².